The fourth-order valence-electron chi connectivity index (χ4n) is 2.16. The molecular formula is C10H13N3O4S. The van der Waals surface area contributed by atoms with E-state index >= 15 is 0 Å². The molecule has 1 aromatic rings. The Morgan fingerprint density at radius 3 is 2.72 bits per heavy atom. The third-order valence-electron chi connectivity index (χ3n) is 2.92. The molecule has 1 heterocycles. The number of nitrogens with one attached hydrogen (secondary N) is 1. The minimum atomic E-state index is -4.12. The Kier molecular flexibility index (Phi) is 3.33. The number of hydrogen-bond acceptors (Lipinski definition) is 5. The zero-order valence-corrected chi connectivity index (χ0v) is 10.4. The first-order valence-corrected chi connectivity index (χ1v) is 6.98. The number of nitro groups is 1. The Hall–Kier alpha value is -1.51. The highest BCUT2D eigenvalue weighted by molar-refractivity contribution is 7.89. The Morgan fingerprint density at radius 1 is 1.39 bits per heavy atom. The van der Waals surface area contributed by atoms with E-state index in [1.54, 1.807) is 6.07 Å². The van der Waals surface area contributed by atoms with Crippen molar-refractivity contribution in [1.29, 1.82) is 0 Å². The van der Waals surface area contributed by atoms with E-state index in [9.17, 15) is 18.5 Å². The summed E-state index contributed by atoms with van der Waals surface area (Å²) in [5.41, 5.74) is 0.763. The molecule has 1 aliphatic heterocycles. The first-order valence-electron chi connectivity index (χ1n) is 5.44. The zero-order valence-electron chi connectivity index (χ0n) is 9.55. The molecule has 1 aliphatic rings. The van der Waals surface area contributed by atoms with Crippen LogP contribution >= 0.6 is 0 Å². The van der Waals surface area contributed by atoms with Crippen LogP contribution in [0.4, 0.5) is 5.69 Å². The van der Waals surface area contributed by atoms with Gasteiger partial charge < -0.3 is 5.32 Å². The Labute approximate surface area is 104 Å². The number of fused-ring (bicyclic) bond motifs is 1. The lowest BCUT2D eigenvalue weighted by Crippen LogP contribution is -2.20. The van der Waals surface area contributed by atoms with Gasteiger partial charge in [-0.3, -0.25) is 10.1 Å². The maximum absolute atomic E-state index is 11.6. The minimum absolute atomic E-state index is 0.281. The summed E-state index contributed by atoms with van der Waals surface area (Å²) in [6.07, 6.45) is 1.54. The number of aryl methyl sites for hydroxylation is 1. The van der Waals surface area contributed by atoms with E-state index in [0.717, 1.165) is 18.5 Å². The van der Waals surface area contributed by atoms with Crippen LogP contribution in [-0.2, 0) is 23.0 Å². The quantitative estimate of drug-likeness (QED) is 0.592. The summed E-state index contributed by atoms with van der Waals surface area (Å²) in [5.74, 6) is 0. The van der Waals surface area contributed by atoms with Crippen LogP contribution in [0.25, 0.3) is 0 Å². The summed E-state index contributed by atoms with van der Waals surface area (Å²) < 4.78 is 23.2. The lowest BCUT2D eigenvalue weighted by molar-refractivity contribution is -0.387. The summed E-state index contributed by atoms with van der Waals surface area (Å²) in [5, 5.41) is 19.1. The van der Waals surface area contributed by atoms with Gasteiger partial charge in [-0.05, 0) is 30.5 Å². The van der Waals surface area contributed by atoms with Crippen molar-refractivity contribution in [1.82, 2.24) is 5.32 Å². The molecule has 0 bridgehead atoms. The zero-order chi connectivity index (χ0) is 13.3. The lowest BCUT2D eigenvalue weighted by Gasteiger charge is -2.11. The number of nitrogens with two attached hydrogens (primary N) is 1. The van der Waals surface area contributed by atoms with Crippen molar-refractivity contribution >= 4 is 15.7 Å². The van der Waals surface area contributed by atoms with Gasteiger partial charge in [0.1, 0.15) is 0 Å². The topological polar surface area (TPSA) is 115 Å². The Balaban J connectivity index is 2.75. The van der Waals surface area contributed by atoms with E-state index in [1.807, 2.05) is 0 Å². The Morgan fingerprint density at radius 2 is 2.11 bits per heavy atom. The van der Waals surface area contributed by atoms with Crippen LogP contribution in [0.3, 0.4) is 0 Å². The first kappa shape index (κ1) is 12.9. The predicted octanol–water partition coefficient (Wildman–Crippen LogP) is 0.278. The highest BCUT2D eigenvalue weighted by atomic mass is 32.2. The van der Waals surface area contributed by atoms with Crippen LogP contribution in [-0.4, -0.2) is 19.9 Å². The SMILES string of the molecule is NS(=O)(=O)c1c([N+](=O)[O-])ccc2c1CNCCC2. The summed E-state index contributed by atoms with van der Waals surface area (Å²) in [7, 11) is -4.12. The van der Waals surface area contributed by atoms with Crippen LogP contribution in [0, 0.1) is 10.1 Å². The van der Waals surface area contributed by atoms with E-state index < -0.39 is 20.6 Å². The maximum Gasteiger partial charge on any atom is 0.289 e. The number of primary sulfonamides is 1. The minimum Gasteiger partial charge on any atom is -0.313 e. The van der Waals surface area contributed by atoms with Gasteiger partial charge in [0.2, 0.25) is 10.0 Å². The molecule has 8 heteroatoms. The average molecular weight is 271 g/mol. The summed E-state index contributed by atoms with van der Waals surface area (Å²) in [6, 6.07) is 2.82. The van der Waals surface area contributed by atoms with Gasteiger partial charge >= 0.3 is 0 Å². The van der Waals surface area contributed by atoms with Crippen molar-refractivity contribution in [2.24, 2.45) is 5.14 Å². The van der Waals surface area contributed by atoms with Crippen molar-refractivity contribution in [3.8, 4) is 0 Å². The highest BCUT2D eigenvalue weighted by Crippen LogP contribution is 2.30. The Bertz CT molecular complexity index is 597. The lowest BCUT2D eigenvalue weighted by atomic mass is 10.0. The third kappa shape index (κ3) is 2.35. The van der Waals surface area contributed by atoms with E-state index in [2.05, 4.69) is 5.32 Å². The van der Waals surface area contributed by atoms with Gasteiger partial charge in [0.25, 0.3) is 5.69 Å². The molecule has 0 amide bonds. The van der Waals surface area contributed by atoms with E-state index in [-0.39, 0.29) is 11.4 Å². The highest BCUT2D eigenvalue weighted by Gasteiger charge is 2.29. The summed E-state index contributed by atoms with van der Waals surface area (Å²) >= 11 is 0. The van der Waals surface area contributed by atoms with Crippen LogP contribution in [0.2, 0.25) is 0 Å². The molecule has 0 saturated carbocycles. The maximum atomic E-state index is 11.6. The smallest absolute Gasteiger partial charge is 0.289 e. The molecule has 0 saturated heterocycles. The third-order valence-corrected chi connectivity index (χ3v) is 3.94. The van der Waals surface area contributed by atoms with Gasteiger partial charge in [-0.1, -0.05) is 6.07 Å². The molecule has 98 valence electrons. The van der Waals surface area contributed by atoms with Gasteiger partial charge in [0.15, 0.2) is 4.90 Å². The van der Waals surface area contributed by atoms with Gasteiger partial charge in [-0.2, -0.15) is 0 Å². The van der Waals surface area contributed by atoms with Crippen LogP contribution in [0.1, 0.15) is 17.5 Å². The van der Waals surface area contributed by atoms with Gasteiger partial charge in [-0.25, -0.2) is 13.6 Å². The molecule has 1 aromatic carbocycles. The number of benzene rings is 1. The van der Waals surface area contributed by atoms with Crippen LogP contribution in [0.15, 0.2) is 17.0 Å². The number of nitrogens with zero attached hydrogens (tertiary/aromatic N) is 1. The molecule has 0 spiro atoms. The second-order valence-electron chi connectivity index (χ2n) is 4.13. The molecule has 7 nitrogen and oxygen atoms in total. The molecule has 3 N–H and O–H groups in total. The largest absolute Gasteiger partial charge is 0.313 e. The summed E-state index contributed by atoms with van der Waals surface area (Å²) in [6.45, 7) is 1.02. The molecule has 0 aliphatic carbocycles. The van der Waals surface area contributed by atoms with Crippen molar-refractivity contribution in [2.75, 3.05) is 6.54 Å². The molecule has 0 atom stereocenters. The van der Waals surface area contributed by atoms with Crippen LogP contribution in [0.5, 0.6) is 0 Å². The van der Waals surface area contributed by atoms with E-state index in [1.165, 1.54) is 6.07 Å². The average Bonchev–Trinajstić information content (AvgIpc) is 2.50. The number of nitro benzene ring substituents is 1. The molecular weight excluding hydrogens is 258 g/mol. The van der Waals surface area contributed by atoms with Gasteiger partial charge in [0, 0.05) is 12.6 Å². The van der Waals surface area contributed by atoms with E-state index in [0.29, 0.717) is 12.0 Å². The second-order valence-corrected chi connectivity index (χ2v) is 5.63. The first-order chi connectivity index (χ1) is 8.41. The molecule has 18 heavy (non-hydrogen) atoms. The molecule has 0 unspecified atom stereocenters. The van der Waals surface area contributed by atoms with Crippen molar-refractivity contribution < 1.29 is 13.3 Å². The fraction of sp³-hybridized carbons (Fsp3) is 0.400. The summed E-state index contributed by atoms with van der Waals surface area (Å²) in [4.78, 5) is 9.83. The number of rotatable bonds is 2. The molecule has 0 aromatic heterocycles. The number of hydrogen-bond donors (Lipinski definition) is 2. The standard InChI is InChI=1S/C10H13N3O4S/c11-18(16,17)10-8-6-12-5-1-2-7(8)3-4-9(10)13(14)15/h3-4,12H,1-2,5-6H2,(H2,11,16,17). The number of sulfonamides is 1. The van der Waals surface area contributed by atoms with Crippen molar-refractivity contribution in [3.63, 3.8) is 0 Å². The molecule has 0 radical (unpaired) electrons. The normalized spacial score (nSPS) is 15.8. The monoisotopic (exact) mass is 271 g/mol. The molecule has 2 rings (SSSR count). The van der Waals surface area contributed by atoms with E-state index in [4.69, 9.17) is 5.14 Å². The van der Waals surface area contributed by atoms with Gasteiger partial charge in [0.05, 0.1) is 4.92 Å². The van der Waals surface area contributed by atoms with Crippen molar-refractivity contribution in [3.05, 3.63) is 33.4 Å². The fourth-order valence-corrected chi connectivity index (χ4v) is 3.14. The second kappa shape index (κ2) is 4.63. The molecule has 0 fully saturated rings. The van der Waals surface area contributed by atoms with Crippen LogP contribution < -0.4 is 10.5 Å². The van der Waals surface area contributed by atoms with Gasteiger partial charge in [-0.15, -0.1) is 0 Å². The van der Waals surface area contributed by atoms with Crippen molar-refractivity contribution in [2.45, 2.75) is 24.3 Å². The predicted molar refractivity (Wildman–Crippen MR) is 64.5 cm³/mol.